The molecule has 4 aromatic rings. The van der Waals surface area contributed by atoms with Gasteiger partial charge in [0.15, 0.2) is 5.52 Å². The smallest absolute Gasteiger partial charge is 0.286 e. The van der Waals surface area contributed by atoms with Crippen LogP contribution < -0.4 is 5.56 Å². The summed E-state index contributed by atoms with van der Waals surface area (Å²) in [6.07, 6.45) is 1.65. The number of aromatic amines is 1. The second kappa shape index (κ2) is 4.69. The molecule has 6 nitrogen and oxygen atoms in total. The first-order valence-corrected chi connectivity index (χ1v) is 6.48. The Balaban J connectivity index is 0.00000121. The van der Waals surface area contributed by atoms with Gasteiger partial charge in [0.2, 0.25) is 5.13 Å². The normalized spacial score (nSPS) is 10.8. The van der Waals surface area contributed by atoms with E-state index in [1.165, 1.54) is 16.0 Å². The summed E-state index contributed by atoms with van der Waals surface area (Å²) in [6, 6.07) is 7.57. The zero-order chi connectivity index (χ0) is 12.8. The van der Waals surface area contributed by atoms with Crippen LogP contribution in [0.25, 0.3) is 27.1 Å². The molecule has 0 radical (unpaired) electrons. The number of halogens is 1. The molecule has 0 atom stereocenters. The van der Waals surface area contributed by atoms with Crippen LogP contribution >= 0.6 is 23.7 Å². The number of hydrogen-bond acceptors (Lipinski definition) is 5. The minimum atomic E-state index is -0.233. The number of thiazole rings is 1. The van der Waals surface area contributed by atoms with Gasteiger partial charge in [-0.25, -0.2) is 4.98 Å². The molecule has 0 aliphatic rings. The lowest BCUT2D eigenvalue weighted by Crippen LogP contribution is -2.14. The first-order valence-electron chi connectivity index (χ1n) is 5.60. The molecule has 0 bridgehead atoms. The maximum absolute atomic E-state index is 12.3. The first-order chi connectivity index (χ1) is 9.34. The summed E-state index contributed by atoms with van der Waals surface area (Å²) < 4.78 is 1.40. The van der Waals surface area contributed by atoms with Crippen molar-refractivity contribution >= 4 is 45.7 Å². The van der Waals surface area contributed by atoms with E-state index in [9.17, 15) is 4.79 Å². The van der Waals surface area contributed by atoms with Crippen LogP contribution in [-0.2, 0) is 0 Å². The summed E-state index contributed by atoms with van der Waals surface area (Å²) in [6.45, 7) is 0. The van der Waals surface area contributed by atoms with Gasteiger partial charge in [-0.3, -0.25) is 9.89 Å². The molecule has 3 aromatic heterocycles. The zero-order valence-corrected chi connectivity index (χ0v) is 11.6. The van der Waals surface area contributed by atoms with Crippen molar-refractivity contribution in [2.24, 2.45) is 0 Å². The van der Waals surface area contributed by atoms with E-state index in [-0.39, 0.29) is 18.0 Å². The molecule has 20 heavy (non-hydrogen) atoms. The third-order valence-corrected chi connectivity index (χ3v) is 3.66. The van der Waals surface area contributed by atoms with Crippen LogP contribution in [-0.4, -0.2) is 25.0 Å². The highest BCUT2D eigenvalue weighted by Gasteiger charge is 2.14. The summed E-state index contributed by atoms with van der Waals surface area (Å²) >= 11 is 1.38. The summed E-state index contributed by atoms with van der Waals surface area (Å²) in [7, 11) is 0. The van der Waals surface area contributed by atoms with Crippen molar-refractivity contribution in [2.75, 3.05) is 0 Å². The van der Waals surface area contributed by atoms with E-state index in [1.807, 2.05) is 29.6 Å². The van der Waals surface area contributed by atoms with E-state index in [1.54, 1.807) is 6.20 Å². The molecular formula is C12H8ClN5OS. The molecule has 0 unspecified atom stereocenters. The molecule has 0 aliphatic carbocycles. The van der Waals surface area contributed by atoms with Crippen molar-refractivity contribution in [3.63, 3.8) is 0 Å². The average Bonchev–Trinajstić information content (AvgIpc) is 3.07. The van der Waals surface area contributed by atoms with Crippen LogP contribution in [0.5, 0.6) is 0 Å². The van der Waals surface area contributed by atoms with E-state index in [0.717, 1.165) is 10.9 Å². The van der Waals surface area contributed by atoms with Crippen LogP contribution in [0.4, 0.5) is 0 Å². The Morgan fingerprint density at radius 3 is 2.85 bits per heavy atom. The Kier molecular flexibility index (Phi) is 3.00. The Morgan fingerprint density at radius 2 is 2.05 bits per heavy atom. The summed E-state index contributed by atoms with van der Waals surface area (Å²) in [5.41, 5.74) is 1.53. The number of H-pyrrole nitrogens is 1. The number of aromatic nitrogens is 5. The van der Waals surface area contributed by atoms with Crippen LogP contribution in [0.2, 0.25) is 0 Å². The van der Waals surface area contributed by atoms with Crippen molar-refractivity contribution in [3.8, 4) is 5.13 Å². The first kappa shape index (κ1) is 12.8. The number of nitrogens with one attached hydrogen (secondary N) is 1. The van der Waals surface area contributed by atoms with Gasteiger partial charge in [-0.15, -0.1) is 33.9 Å². The third kappa shape index (κ3) is 1.71. The molecule has 0 saturated heterocycles. The fraction of sp³-hybridized carbons (Fsp3) is 0. The molecular weight excluding hydrogens is 298 g/mol. The van der Waals surface area contributed by atoms with Crippen molar-refractivity contribution < 1.29 is 0 Å². The quantitative estimate of drug-likeness (QED) is 0.584. The minimum Gasteiger partial charge on any atom is -0.286 e. The molecule has 4 rings (SSSR count). The van der Waals surface area contributed by atoms with E-state index in [4.69, 9.17) is 0 Å². The Hall–Kier alpha value is -2.25. The molecule has 100 valence electrons. The predicted octanol–water partition coefficient (Wildman–Crippen LogP) is 2.14. The second-order valence-corrected chi connectivity index (χ2v) is 4.88. The van der Waals surface area contributed by atoms with E-state index >= 15 is 0 Å². The van der Waals surface area contributed by atoms with Crippen molar-refractivity contribution in [1.82, 2.24) is 25.0 Å². The molecule has 8 heteroatoms. The van der Waals surface area contributed by atoms with Gasteiger partial charge in [0.25, 0.3) is 0 Å². The average molecular weight is 306 g/mol. The maximum Gasteiger partial charge on any atom is 0.301 e. The lowest BCUT2D eigenvalue weighted by atomic mass is 10.2. The Bertz CT molecular complexity index is 943. The van der Waals surface area contributed by atoms with Crippen molar-refractivity contribution in [1.29, 1.82) is 0 Å². The van der Waals surface area contributed by atoms with Gasteiger partial charge < -0.3 is 0 Å². The molecule has 0 amide bonds. The highest BCUT2D eigenvalue weighted by atomic mass is 35.5. The number of hydrogen-bond donors (Lipinski definition) is 1. The molecule has 1 aromatic carbocycles. The Labute approximate surface area is 122 Å². The molecule has 3 heterocycles. The molecule has 0 aliphatic heterocycles. The van der Waals surface area contributed by atoms with E-state index in [2.05, 4.69) is 20.3 Å². The van der Waals surface area contributed by atoms with Gasteiger partial charge in [-0.05, 0) is 6.07 Å². The Morgan fingerprint density at radius 1 is 1.20 bits per heavy atom. The lowest BCUT2D eigenvalue weighted by Gasteiger charge is -1.95. The van der Waals surface area contributed by atoms with Crippen LogP contribution in [0, 0.1) is 0 Å². The number of fused-ring (bicyclic) bond motifs is 3. The minimum absolute atomic E-state index is 0. The van der Waals surface area contributed by atoms with Crippen LogP contribution in [0.1, 0.15) is 0 Å². The summed E-state index contributed by atoms with van der Waals surface area (Å²) in [4.78, 5) is 16.4. The van der Waals surface area contributed by atoms with Gasteiger partial charge in [0.05, 0.1) is 11.0 Å². The molecule has 1 N–H and O–H groups in total. The monoisotopic (exact) mass is 305 g/mol. The SMILES string of the molecule is Cl.O=c1c2nnc3ccccc3c2[nH]n1-c1nccs1. The predicted molar refractivity (Wildman–Crippen MR) is 79.9 cm³/mol. The lowest BCUT2D eigenvalue weighted by molar-refractivity contribution is 0.853. The topological polar surface area (TPSA) is 76.5 Å². The van der Waals surface area contributed by atoms with Crippen molar-refractivity contribution in [3.05, 3.63) is 46.2 Å². The number of rotatable bonds is 1. The van der Waals surface area contributed by atoms with Crippen molar-refractivity contribution in [2.45, 2.75) is 0 Å². The number of benzene rings is 1. The summed E-state index contributed by atoms with van der Waals surface area (Å²) in [5, 5.41) is 14.4. The fourth-order valence-corrected chi connectivity index (χ4v) is 2.65. The van der Waals surface area contributed by atoms with Gasteiger partial charge in [-0.1, -0.05) is 18.2 Å². The number of nitrogens with zero attached hydrogens (tertiary/aromatic N) is 4. The zero-order valence-electron chi connectivity index (χ0n) is 9.98. The van der Waals surface area contributed by atoms with E-state index < -0.39 is 0 Å². The third-order valence-electron chi connectivity index (χ3n) is 2.91. The summed E-state index contributed by atoms with van der Waals surface area (Å²) in [5.74, 6) is 0. The molecule has 0 saturated carbocycles. The highest BCUT2D eigenvalue weighted by molar-refractivity contribution is 7.12. The van der Waals surface area contributed by atoms with Gasteiger partial charge >= 0.3 is 5.56 Å². The van der Waals surface area contributed by atoms with Crippen LogP contribution in [0.3, 0.4) is 0 Å². The fourth-order valence-electron chi connectivity index (χ4n) is 2.05. The largest absolute Gasteiger partial charge is 0.301 e. The molecule has 0 fully saturated rings. The van der Waals surface area contributed by atoms with Gasteiger partial charge in [0.1, 0.15) is 0 Å². The molecule has 0 spiro atoms. The van der Waals surface area contributed by atoms with Crippen LogP contribution in [0.15, 0.2) is 40.6 Å². The van der Waals surface area contributed by atoms with Gasteiger partial charge in [0, 0.05) is 17.0 Å². The highest BCUT2D eigenvalue weighted by Crippen LogP contribution is 2.19. The van der Waals surface area contributed by atoms with Gasteiger partial charge in [-0.2, -0.15) is 4.68 Å². The maximum atomic E-state index is 12.3. The van der Waals surface area contributed by atoms with E-state index in [0.29, 0.717) is 16.2 Å². The standard InChI is InChI=1S/C12H7N5OS.ClH/c18-11-10-9(16-17(11)12-13-5-6-19-12)7-3-1-2-4-8(7)14-15-10;/h1-6,16H;1H. The second-order valence-electron chi connectivity index (χ2n) is 4.01.